The average Bonchev–Trinajstić information content (AvgIpc) is 3.00. The first-order valence-electron chi connectivity index (χ1n) is 8.18. The third-order valence-corrected chi connectivity index (χ3v) is 5.09. The Hall–Kier alpha value is -2.11. The minimum absolute atomic E-state index is 0.0156. The molecule has 1 aliphatic rings. The Morgan fingerprint density at radius 2 is 2.00 bits per heavy atom. The van der Waals surface area contributed by atoms with Gasteiger partial charge < -0.3 is 4.90 Å². The van der Waals surface area contributed by atoms with Crippen molar-refractivity contribution in [2.45, 2.75) is 19.8 Å². The van der Waals surface area contributed by atoms with Gasteiger partial charge >= 0.3 is 0 Å². The molecule has 0 N–H and O–H groups in total. The largest absolute Gasteiger partial charge is 0.324 e. The van der Waals surface area contributed by atoms with Crippen molar-refractivity contribution < 1.29 is 14.0 Å². The maximum Gasteiger partial charge on any atom is 0.264 e. The van der Waals surface area contributed by atoms with Crippen molar-refractivity contribution >= 4 is 40.7 Å². The van der Waals surface area contributed by atoms with Crippen LogP contribution < -0.4 is 4.90 Å². The van der Waals surface area contributed by atoms with E-state index in [0.29, 0.717) is 23.7 Å². The zero-order chi connectivity index (χ0) is 18.8. The highest BCUT2D eigenvalue weighted by Crippen LogP contribution is 2.28. The molecule has 0 radical (unpaired) electrons. The zero-order valence-corrected chi connectivity index (χ0v) is 15.6. The van der Waals surface area contributed by atoms with Gasteiger partial charge in [-0.15, -0.1) is 0 Å². The number of likely N-dealkylation sites (tertiary alicyclic amines) is 1. The molecule has 3 rings (SSSR count). The van der Waals surface area contributed by atoms with Crippen LogP contribution in [-0.2, 0) is 4.79 Å². The van der Waals surface area contributed by atoms with Gasteiger partial charge in [0.1, 0.15) is 12.5 Å². The van der Waals surface area contributed by atoms with Crippen LogP contribution in [0.5, 0.6) is 0 Å². The van der Waals surface area contributed by atoms with E-state index in [0.717, 1.165) is 12.0 Å². The fraction of sp³-hybridized carbons (Fsp3) is 0.263. The molecule has 26 heavy (non-hydrogen) atoms. The summed E-state index contributed by atoms with van der Waals surface area (Å²) < 4.78 is 14.3. The molecular weight excluding hydrogens is 378 g/mol. The highest BCUT2D eigenvalue weighted by molar-refractivity contribution is 6.34. The zero-order valence-electron chi connectivity index (χ0n) is 14.1. The molecule has 0 spiro atoms. The number of halogens is 3. The second-order valence-corrected chi connectivity index (χ2v) is 6.98. The van der Waals surface area contributed by atoms with Gasteiger partial charge in [-0.3, -0.25) is 14.5 Å². The number of hydrogen-bond acceptors (Lipinski definition) is 2. The van der Waals surface area contributed by atoms with Gasteiger partial charge in [0.05, 0.1) is 10.6 Å². The molecule has 1 saturated heterocycles. The van der Waals surface area contributed by atoms with Crippen LogP contribution >= 0.6 is 23.2 Å². The van der Waals surface area contributed by atoms with Crippen molar-refractivity contribution in [3.8, 4) is 0 Å². The number of benzene rings is 2. The van der Waals surface area contributed by atoms with Crippen molar-refractivity contribution in [1.29, 1.82) is 0 Å². The van der Waals surface area contributed by atoms with E-state index >= 15 is 0 Å². The minimum atomic E-state index is -0.710. The Morgan fingerprint density at radius 1 is 1.23 bits per heavy atom. The Kier molecular flexibility index (Phi) is 5.49. The Labute approximate surface area is 161 Å². The lowest BCUT2D eigenvalue weighted by Crippen LogP contribution is -2.42. The van der Waals surface area contributed by atoms with Crippen molar-refractivity contribution in [2.24, 2.45) is 0 Å². The summed E-state index contributed by atoms with van der Waals surface area (Å²) in [5.74, 6) is -1.37. The monoisotopic (exact) mass is 394 g/mol. The standard InChI is InChI=1S/C19H17Cl2FN2O2/c1-12-7-8-13(10-15(12)21)24(11-23-9-3-6-17(23)25)19(26)18-14(20)4-2-5-16(18)22/h2,4-5,7-8,10H,3,6,9,11H2,1H3. The molecule has 2 aromatic carbocycles. The van der Waals surface area contributed by atoms with Crippen LogP contribution in [-0.4, -0.2) is 29.9 Å². The molecule has 0 bridgehead atoms. The fourth-order valence-electron chi connectivity index (χ4n) is 2.87. The maximum absolute atomic E-state index is 14.3. The van der Waals surface area contributed by atoms with Gasteiger partial charge in [0.2, 0.25) is 5.91 Å². The van der Waals surface area contributed by atoms with Gasteiger partial charge in [0.25, 0.3) is 5.91 Å². The summed E-state index contributed by atoms with van der Waals surface area (Å²) in [4.78, 5) is 28.0. The highest BCUT2D eigenvalue weighted by Gasteiger charge is 2.29. The molecule has 4 nitrogen and oxygen atoms in total. The topological polar surface area (TPSA) is 40.6 Å². The molecule has 0 unspecified atom stereocenters. The van der Waals surface area contributed by atoms with Crippen LogP contribution in [0.2, 0.25) is 10.0 Å². The summed E-state index contributed by atoms with van der Waals surface area (Å²) in [5, 5.41) is 0.499. The van der Waals surface area contributed by atoms with Gasteiger partial charge in [-0.2, -0.15) is 0 Å². The number of nitrogens with zero attached hydrogens (tertiary/aromatic N) is 2. The van der Waals surface area contributed by atoms with E-state index in [1.165, 1.54) is 23.1 Å². The molecule has 0 atom stereocenters. The Bertz CT molecular complexity index is 852. The molecule has 1 heterocycles. The summed E-state index contributed by atoms with van der Waals surface area (Å²) in [6, 6.07) is 9.19. The van der Waals surface area contributed by atoms with E-state index in [-0.39, 0.29) is 23.2 Å². The van der Waals surface area contributed by atoms with Crippen molar-refractivity contribution in [2.75, 3.05) is 18.1 Å². The lowest BCUT2D eigenvalue weighted by atomic mass is 10.1. The van der Waals surface area contributed by atoms with E-state index < -0.39 is 11.7 Å². The van der Waals surface area contributed by atoms with Crippen LogP contribution in [0, 0.1) is 12.7 Å². The lowest BCUT2D eigenvalue weighted by molar-refractivity contribution is -0.127. The summed E-state index contributed by atoms with van der Waals surface area (Å²) in [6.07, 6.45) is 1.17. The predicted octanol–water partition coefficient (Wildman–Crippen LogP) is 4.67. The van der Waals surface area contributed by atoms with Crippen LogP contribution in [0.15, 0.2) is 36.4 Å². The summed E-state index contributed by atoms with van der Waals surface area (Å²) in [7, 11) is 0. The molecule has 1 aliphatic heterocycles. The van der Waals surface area contributed by atoms with E-state index in [1.54, 1.807) is 23.1 Å². The smallest absolute Gasteiger partial charge is 0.264 e. The molecule has 2 aromatic rings. The lowest BCUT2D eigenvalue weighted by Gasteiger charge is -2.29. The Balaban J connectivity index is 2.03. The van der Waals surface area contributed by atoms with Gasteiger partial charge in [-0.25, -0.2) is 4.39 Å². The number of aryl methyl sites for hydroxylation is 1. The quantitative estimate of drug-likeness (QED) is 0.755. The summed E-state index contributed by atoms with van der Waals surface area (Å²) in [6.45, 7) is 2.41. The number of carbonyl (C=O) groups is 2. The first-order valence-corrected chi connectivity index (χ1v) is 8.94. The van der Waals surface area contributed by atoms with Gasteiger partial charge in [0, 0.05) is 23.7 Å². The van der Waals surface area contributed by atoms with Crippen molar-refractivity contribution in [1.82, 2.24) is 4.90 Å². The number of anilines is 1. The third kappa shape index (κ3) is 3.69. The summed E-state index contributed by atoms with van der Waals surface area (Å²) in [5.41, 5.74) is 1.10. The maximum atomic E-state index is 14.3. The third-order valence-electron chi connectivity index (χ3n) is 4.37. The molecule has 0 aromatic heterocycles. The number of rotatable bonds is 4. The fourth-order valence-corrected chi connectivity index (χ4v) is 3.29. The van der Waals surface area contributed by atoms with Gasteiger partial charge in [-0.05, 0) is 43.2 Å². The molecule has 2 amide bonds. The molecular formula is C19H17Cl2FN2O2. The second-order valence-electron chi connectivity index (χ2n) is 6.17. The van der Waals surface area contributed by atoms with Crippen molar-refractivity contribution in [3.05, 3.63) is 63.4 Å². The normalized spacial score (nSPS) is 14.0. The minimum Gasteiger partial charge on any atom is -0.324 e. The second kappa shape index (κ2) is 7.64. The number of carbonyl (C=O) groups excluding carboxylic acids is 2. The van der Waals surface area contributed by atoms with Crippen LogP contribution in [0.1, 0.15) is 28.8 Å². The molecule has 0 saturated carbocycles. The Morgan fingerprint density at radius 3 is 2.62 bits per heavy atom. The van der Waals surface area contributed by atoms with Crippen LogP contribution in [0.4, 0.5) is 10.1 Å². The first-order chi connectivity index (χ1) is 12.4. The predicted molar refractivity (Wildman–Crippen MR) is 100 cm³/mol. The molecule has 1 fully saturated rings. The van der Waals surface area contributed by atoms with Crippen LogP contribution in [0.25, 0.3) is 0 Å². The van der Waals surface area contributed by atoms with E-state index in [9.17, 15) is 14.0 Å². The molecule has 7 heteroatoms. The van der Waals surface area contributed by atoms with Crippen LogP contribution in [0.3, 0.4) is 0 Å². The summed E-state index contributed by atoms with van der Waals surface area (Å²) >= 11 is 12.3. The number of amides is 2. The van der Waals surface area contributed by atoms with Gasteiger partial charge in [0.15, 0.2) is 0 Å². The first kappa shape index (κ1) is 18.7. The van der Waals surface area contributed by atoms with E-state index in [2.05, 4.69) is 0 Å². The van der Waals surface area contributed by atoms with E-state index in [4.69, 9.17) is 23.2 Å². The SMILES string of the molecule is Cc1ccc(N(CN2CCCC2=O)C(=O)c2c(F)cccc2Cl)cc1Cl. The molecule has 136 valence electrons. The molecule has 0 aliphatic carbocycles. The average molecular weight is 395 g/mol. The highest BCUT2D eigenvalue weighted by atomic mass is 35.5. The van der Waals surface area contributed by atoms with Gasteiger partial charge in [-0.1, -0.05) is 35.3 Å². The van der Waals surface area contributed by atoms with Crippen molar-refractivity contribution in [3.63, 3.8) is 0 Å². The van der Waals surface area contributed by atoms with E-state index in [1.807, 2.05) is 6.92 Å². The number of hydrogen-bond donors (Lipinski definition) is 0.